The van der Waals surface area contributed by atoms with E-state index in [2.05, 4.69) is 103 Å². The van der Waals surface area contributed by atoms with Crippen LogP contribution in [0.1, 0.15) is 39.5 Å². The minimum absolute atomic E-state index is 0.214. The molecule has 1 nitrogen and oxygen atoms in total. The van der Waals surface area contributed by atoms with E-state index < -0.39 is 0 Å². The van der Waals surface area contributed by atoms with Crippen LogP contribution in [0, 0.1) is 5.41 Å². The Hall–Kier alpha value is -2.45. The smallest absolute Gasteiger partial charge is 0.0394 e. The maximum atomic E-state index is 3.87. The first-order valence-electron chi connectivity index (χ1n) is 11.0. The Bertz CT molecular complexity index is 1010. The molecule has 3 aromatic rings. The number of allylic oxidation sites excluding steroid dienone is 1. The maximum Gasteiger partial charge on any atom is 0.0394 e. The van der Waals surface area contributed by atoms with Gasteiger partial charge < -0.3 is 5.32 Å². The summed E-state index contributed by atoms with van der Waals surface area (Å²) in [5, 5.41) is 6.26. The number of anilines is 1. The summed E-state index contributed by atoms with van der Waals surface area (Å²) >= 11 is 2.03. The summed E-state index contributed by atoms with van der Waals surface area (Å²) in [6.07, 6.45) is 5.24. The molecule has 1 fully saturated rings. The van der Waals surface area contributed by atoms with Crippen LogP contribution < -0.4 is 5.32 Å². The average molecular weight is 412 g/mol. The predicted octanol–water partition coefficient (Wildman–Crippen LogP) is 8.36. The largest absolute Gasteiger partial charge is 0.358 e. The fourth-order valence-electron chi connectivity index (χ4n) is 5.03. The standard InChI is InChI=1S/C28H29NS/c1-27-15-9-10-16-28(27,2)30-20-26(27)29-25-18-23(21-11-5-3-6-12-21)17-24(19-25)22-13-7-4-8-14-22/h3-8,11-14,17-20,29H,9-10,15-16H2,1-2H3. The highest BCUT2D eigenvalue weighted by Gasteiger charge is 2.52. The quantitative estimate of drug-likeness (QED) is 0.463. The first-order chi connectivity index (χ1) is 14.6. The van der Waals surface area contributed by atoms with E-state index in [9.17, 15) is 0 Å². The van der Waals surface area contributed by atoms with Crippen molar-refractivity contribution in [1.82, 2.24) is 0 Å². The molecule has 1 aliphatic heterocycles. The Balaban J connectivity index is 1.55. The van der Waals surface area contributed by atoms with Crippen LogP contribution >= 0.6 is 11.8 Å². The highest BCUT2D eigenvalue weighted by molar-refractivity contribution is 8.03. The molecule has 0 radical (unpaired) electrons. The molecule has 1 saturated carbocycles. The molecule has 1 heterocycles. The third-order valence-corrected chi connectivity index (χ3v) is 8.73. The van der Waals surface area contributed by atoms with Crippen molar-refractivity contribution in [3.05, 3.63) is 90.0 Å². The number of hydrogen-bond donors (Lipinski definition) is 1. The molecule has 30 heavy (non-hydrogen) atoms. The van der Waals surface area contributed by atoms with Gasteiger partial charge in [0.2, 0.25) is 0 Å². The molecule has 2 unspecified atom stereocenters. The van der Waals surface area contributed by atoms with Gasteiger partial charge in [0.15, 0.2) is 0 Å². The SMILES string of the molecule is CC12CCCCC1(C)C(Nc1cc(-c3ccccc3)cc(-c3ccccc3)c1)=CS2. The molecule has 0 saturated heterocycles. The molecule has 3 aromatic carbocycles. The summed E-state index contributed by atoms with van der Waals surface area (Å²) in [5.74, 6) is 0. The van der Waals surface area contributed by atoms with Gasteiger partial charge in [0, 0.05) is 21.5 Å². The van der Waals surface area contributed by atoms with Crippen LogP contribution in [0.3, 0.4) is 0 Å². The lowest BCUT2D eigenvalue weighted by Gasteiger charge is -2.46. The van der Waals surface area contributed by atoms with Gasteiger partial charge >= 0.3 is 0 Å². The van der Waals surface area contributed by atoms with Crippen LogP contribution in [0.4, 0.5) is 5.69 Å². The molecule has 152 valence electrons. The van der Waals surface area contributed by atoms with Gasteiger partial charge in [-0.1, -0.05) is 80.4 Å². The third kappa shape index (κ3) is 3.37. The second-order valence-corrected chi connectivity index (χ2v) is 10.4. The predicted molar refractivity (Wildman–Crippen MR) is 132 cm³/mol. The van der Waals surface area contributed by atoms with E-state index in [-0.39, 0.29) is 5.41 Å². The summed E-state index contributed by atoms with van der Waals surface area (Å²) in [6, 6.07) is 28.3. The lowest BCUT2D eigenvalue weighted by atomic mass is 9.66. The number of fused-ring (bicyclic) bond motifs is 1. The fourth-order valence-corrected chi connectivity index (χ4v) is 6.46. The van der Waals surface area contributed by atoms with E-state index in [1.165, 1.54) is 59.3 Å². The van der Waals surface area contributed by atoms with Crippen molar-refractivity contribution < 1.29 is 0 Å². The maximum absolute atomic E-state index is 3.87. The Labute approximate surface area is 184 Å². The summed E-state index contributed by atoms with van der Waals surface area (Å²) < 4.78 is 0.312. The number of hydrogen-bond acceptors (Lipinski definition) is 2. The zero-order chi connectivity index (χ0) is 20.6. The summed E-state index contributed by atoms with van der Waals surface area (Å²) in [6.45, 7) is 4.92. The first kappa shape index (κ1) is 19.5. The topological polar surface area (TPSA) is 12.0 Å². The van der Waals surface area contributed by atoms with E-state index in [4.69, 9.17) is 0 Å². The van der Waals surface area contributed by atoms with Crippen LogP contribution in [0.5, 0.6) is 0 Å². The van der Waals surface area contributed by atoms with Crippen molar-refractivity contribution >= 4 is 17.4 Å². The molecule has 1 aliphatic carbocycles. The average Bonchev–Trinajstić information content (AvgIpc) is 3.05. The Morgan fingerprint density at radius 2 is 1.27 bits per heavy atom. The second-order valence-electron chi connectivity index (χ2n) is 9.08. The highest BCUT2D eigenvalue weighted by atomic mass is 32.2. The number of nitrogens with one attached hydrogen (secondary N) is 1. The van der Waals surface area contributed by atoms with E-state index >= 15 is 0 Å². The van der Waals surface area contributed by atoms with Gasteiger partial charge in [-0.05, 0) is 65.6 Å². The van der Waals surface area contributed by atoms with Crippen LogP contribution in [0.2, 0.25) is 0 Å². The van der Waals surface area contributed by atoms with Gasteiger partial charge in [-0.25, -0.2) is 0 Å². The fraction of sp³-hybridized carbons (Fsp3) is 0.286. The lowest BCUT2D eigenvalue weighted by molar-refractivity contribution is 0.214. The highest BCUT2D eigenvalue weighted by Crippen LogP contribution is 2.61. The first-order valence-corrected chi connectivity index (χ1v) is 11.9. The molecule has 5 rings (SSSR count). The van der Waals surface area contributed by atoms with Crippen molar-refractivity contribution in [2.75, 3.05) is 5.32 Å². The van der Waals surface area contributed by atoms with E-state index in [1.54, 1.807) is 0 Å². The van der Waals surface area contributed by atoms with Gasteiger partial charge in [-0.3, -0.25) is 0 Å². The van der Waals surface area contributed by atoms with Crippen LogP contribution in [-0.2, 0) is 0 Å². The van der Waals surface area contributed by atoms with Crippen molar-refractivity contribution in [3.63, 3.8) is 0 Å². The Kier molecular flexibility index (Phi) is 4.99. The lowest BCUT2D eigenvalue weighted by Crippen LogP contribution is -2.43. The molecule has 0 aromatic heterocycles. The van der Waals surface area contributed by atoms with Crippen LogP contribution in [-0.4, -0.2) is 4.75 Å². The summed E-state index contributed by atoms with van der Waals surface area (Å²) in [5.41, 5.74) is 7.79. The third-order valence-electron chi connectivity index (χ3n) is 7.21. The van der Waals surface area contributed by atoms with Crippen molar-refractivity contribution in [2.24, 2.45) is 5.41 Å². The van der Waals surface area contributed by atoms with Crippen LogP contribution in [0.25, 0.3) is 22.3 Å². The van der Waals surface area contributed by atoms with E-state index in [1.807, 2.05) is 11.8 Å². The van der Waals surface area contributed by atoms with Gasteiger partial charge in [-0.15, -0.1) is 11.8 Å². The van der Waals surface area contributed by atoms with E-state index in [0.29, 0.717) is 4.75 Å². The monoisotopic (exact) mass is 411 g/mol. The van der Waals surface area contributed by atoms with Crippen LogP contribution in [0.15, 0.2) is 90.0 Å². The molecule has 2 heteroatoms. The van der Waals surface area contributed by atoms with Gasteiger partial charge in [0.25, 0.3) is 0 Å². The summed E-state index contributed by atoms with van der Waals surface area (Å²) in [7, 11) is 0. The number of rotatable bonds is 4. The number of thioether (sulfide) groups is 1. The molecule has 0 bridgehead atoms. The second kappa shape index (κ2) is 7.67. The summed E-state index contributed by atoms with van der Waals surface area (Å²) in [4.78, 5) is 0. The van der Waals surface area contributed by atoms with E-state index in [0.717, 1.165) is 0 Å². The minimum atomic E-state index is 0.214. The molecular weight excluding hydrogens is 382 g/mol. The van der Waals surface area contributed by atoms with Gasteiger partial charge in [0.1, 0.15) is 0 Å². The zero-order valence-corrected chi connectivity index (χ0v) is 18.6. The molecule has 2 aliphatic rings. The molecule has 0 spiro atoms. The molecule has 0 amide bonds. The van der Waals surface area contributed by atoms with Gasteiger partial charge in [-0.2, -0.15) is 0 Å². The zero-order valence-electron chi connectivity index (χ0n) is 17.8. The van der Waals surface area contributed by atoms with Crippen molar-refractivity contribution in [1.29, 1.82) is 0 Å². The van der Waals surface area contributed by atoms with Crippen molar-refractivity contribution in [3.8, 4) is 22.3 Å². The van der Waals surface area contributed by atoms with Gasteiger partial charge in [0.05, 0.1) is 0 Å². The molecule has 1 N–H and O–H groups in total. The number of benzene rings is 3. The Morgan fingerprint density at radius 3 is 1.87 bits per heavy atom. The molecule has 2 atom stereocenters. The molecular formula is C28H29NS. The van der Waals surface area contributed by atoms with Crippen molar-refractivity contribution in [2.45, 2.75) is 44.3 Å². The normalized spacial score (nSPS) is 25.5. The minimum Gasteiger partial charge on any atom is -0.358 e. The Morgan fingerprint density at radius 1 is 0.700 bits per heavy atom.